The smallest absolute Gasteiger partial charge is 0.134 e. The van der Waals surface area contributed by atoms with Crippen molar-refractivity contribution in [2.75, 3.05) is 0 Å². The highest BCUT2D eigenvalue weighted by molar-refractivity contribution is 5.61. The molecule has 0 aliphatic heterocycles. The molecule has 0 aliphatic carbocycles. The first kappa shape index (κ1) is 23.0. The van der Waals surface area contributed by atoms with Crippen LogP contribution < -0.4 is 4.74 Å². The van der Waals surface area contributed by atoms with E-state index in [9.17, 15) is 0 Å². The van der Waals surface area contributed by atoms with Gasteiger partial charge in [0.15, 0.2) is 0 Å². The lowest BCUT2D eigenvalue weighted by Crippen LogP contribution is -1.90. The molecule has 2 aromatic rings. The predicted molar refractivity (Wildman–Crippen MR) is 129 cm³/mol. The van der Waals surface area contributed by atoms with Crippen LogP contribution in [0.2, 0.25) is 0 Å². The van der Waals surface area contributed by atoms with Crippen LogP contribution in [0.4, 0.5) is 0 Å². The zero-order valence-electron chi connectivity index (χ0n) is 18.4. The Morgan fingerprint density at radius 1 is 0.586 bits per heavy atom. The topological polar surface area (TPSA) is 9.23 Å². The highest BCUT2D eigenvalue weighted by Gasteiger charge is 2.05. The van der Waals surface area contributed by atoms with Crippen LogP contribution in [0, 0.1) is 0 Å². The zero-order chi connectivity index (χ0) is 20.6. The van der Waals surface area contributed by atoms with E-state index in [1.165, 1.54) is 51.4 Å². The molecule has 2 aromatic carbocycles. The predicted octanol–water partition coefficient (Wildman–Crippen LogP) is 9.45. The van der Waals surface area contributed by atoms with Gasteiger partial charge in [-0.2, -0.15) is 0 Å². The van der Waals surface area contributed by atoms with Gasteiger partial charge in [0.05, 0.1) is 0 Å². The van der Waals surface area contributed by atoms with Gasteiger partial charge < -0.3 is 4.74 Å². The molecule has 0 heterocycles. The summed E-state index contributed by atoms with van der Waals surface area (Å²) in [5.41, 5.74) is 2.28. The van der Waals surface area contributed by atoms with Gasteiger partial charge in [0.25, 0.3) is 0 Å². The van der Waals surface area contributed by atoms with Crippen LogP contribution in [0.3, 0.4) is 0 Å². The van der Waals surface area contributed by atoms with Gasteiger partial charge in [0.1, 0.15) is 11.5 Å². The van der Waals surface area contributed by atoms with Crippen molar-refractivity contribution in [3.8, 4) is 11.5 Å². The van der Waals surface area contributed by atoms with E-state index in [2.05, 4.69) is 74.5 Å². The summed E-state index contributed by atoms with van der Waals surface area (Å²) in [7, 11) is 0. The minimum atomic E-state index is 0.918. The lowest BCUT2D eigenvalue weighted by molar-refractivity contribution is 0.480. The Hall–Kier alpha value is -2.28. The van der Waals surface area contributed by atoms with E-state index >= 15 is 0 Å². The van der Waals surface area contributed by atoms with E-state index in [1.807, 2.05) is 12.1 Å². The van der Waals surface area contributed by atoms with Crippen LogP contribution in [0.15, 0.2) is 60.7 Å². The van der Waals surface area contributed by atoms with Crippen LogP contribution >= 0.6 is 0 Å². The summed E-state index contributed by atoms with van der Waals surface area (Å²) < 4.78 is 6.33. The number of unbranched alkanes of at least 4 members (excludes halogenated alkanes) is 8. The maximum Gasteiger partial charge on any atom is 0.134 e. The van der Waals surface area contributed by atoms with Gasteiger partial charge in [-0.3, -0.25) is 0 Å². The first-order valence-electron chi connectivity index (χ1n) is 11.5. The second-order valence-corrected chi connectivity index (χ2v) is 7.68. The largest absolute Gasteiger partial charge is 0.456 e. The number of benzene rings is 2. The zero-order valence-corrected chi connectivity index (χ0v) is 18.4. The normalized spacial score (nSPS) is 11.5. The lowest BCUT2D eigenvalue weighted by Gasteiger charge is -2.11. The molecule has 0 radical (unpaired) electrons. The van der Waals surface area contributed by atoms with Crippen molar-refractivity contribution in [3.63, 3.8) is 0 Å². The maximum atomic E-state index is 6.33. The van der Waals surface area contributed by atoms with Gasteiger partial charge in [0.2, 0.25) is 0 Å². The maximum absolute atomic E-state index is 6.33. The number of hydrogen-bond acceptors (Lipinski definition) is 1. The summed E-state index contributed by atoms with van der Waals surface area (Å²) in [5.74, 6) is 1.84. The van der Waals surface area contributed by atoms with Crippen LogP contribution in [-0.2, 0) is 0 Å². The molecule has 0 N–H and O–H groups in total. The van der Waals surface area contributed by atoms with E-state index in [-0.39, 0.29) is 0 Å². The molecular weight excluding hydrogens is 352 g/mol. The van der Waals surface area contributed by atoms with Gasteiger partial charge >= 0.3 is 0 Å². The molecular formula is C28H38O. The molecule has 1 nitrogen and oxygen atoms in total. The van der Waals surface area contributed by atoms with E-state index in [4.69, 9.17) is 4.74 Å². The average molecular weight is 391 g/mol. The monoisotopic (exact) mass is 390 g/mol. The summed E-state index contributed by atoms with van der Waals surface area (Å²) >= 11 is 0. The first-order valence-corrected chi connectivity index (χ1v) is 11.5. The number of para-hydroxylation sites is 2. The molecule has 29 heavy (non-hydrogen) atoms. The Morgan fingerprint density at radius 2 is 1.03 bits per heavy atom. The molecule has 0 spiro atoms. The van der Waals surface area contributed by atoms with Crippen LogP contribution in [0.1, 0.15) is 89.2 Å². The quantitative estimate of drug-likeness (QED) is 0.292. The van der Waals surface area contributed by atoms with Crippen molar-refractivity contribution < 1.29 is 4.74 Å². The van der Waals surface area contributed by atoms with Gasteiger partial charge in [0, 0.05) is 11.1 Å². The molecule has 0 aliphatic rings. The Morgan fingerprint density at radius 3 is 1.48 bits per heavy atom. The number of ether oxygens (including phenoxy) is 1. The molecule has 0 saturated carbocycles. The van der Waals surface area contributed by atoms with Gasteiger partial charge in [-0.05, 0) is 37.8 Å². The third-order valence-electron chi connectivity index (χ3n) is 5.10. The summed E-state index contributed by atoms with van der Waals surface area (Å²) in [6.07, 6.45) is 21.6. The molecule has 156 valence electrons. The fraction of sp³-hybridized carbons (Fsp3) is 0.429. The lowest BCUT2D eigenvalue weighted by atomic mass is 10.1. The van der Waals surface area contributed by atoms with Crippen molar-refractivity contribution in [1.82, 2.24) is 0 Å². The van der Waals surface area contributed by atoms with E-state index in [1.54, 1.807) is 0 Å². The summed E-state index contributed by atoms with van der Waals surface area (Å²) in [4.78, 5) is 0. The summed E-state index contributed by atoms with van der Waals surface area (Å²) in [6, 6.07) is 16.6. The standard InChI is InChI=1S/C28H38O/c1-3-5-7-9-11-13-19-25-21-15-17-23-27(25)29-28-24-18-16-22-26(28)20-14-12-10-8-6-4-2/h13-24H,3-12H2,1-2H3. The van der Waals surface area contributed by atoms with E-state index in [0.29, 0.717) is 0 Å². The molecule has 0 fully saturated rings. The Kier molecular flexibility index (Phi) is 11.6. The van der Waals surface area contributed by atoms with Crippen molar-refractivity contribution in [2.45, 2.75) is 78.1 Å². The molecule has 0 unspecified atom stereocenters. The Bertz CT molecular complexity index is 678. The van der Waals surface area contributed by atoms with Crippen LogP contribution in [0.5, 0.6) is 11.5 Å². The second-order valence-electron chi connectivity index (χ2n) is 7.68. The number of hydrogen-bond donors (Lipinski definition) is 0. The molecule has 0 atom stereocenters. The van der Waals surface area contributed by atoms with Gasteiger partial charge in [-0.25, -0.2) is 0 Å². The number of allylic oxidation sites excluding steroid dienone is 2. The molecule has 2 rings (SSSR count). The summed E-state index contributed by atoms with van der Waals surface area (Å²) in [5, 5.41) is 0. The molecule has 0 bridgehead atoms. The van der Waals surface area contributed by atoms with Crippen LogP contribution in [-0.4, -0.2) is 0 Å². The first-order chi connectivity index (χ1) is 14.3. The van der Waals surface area contributed by atoms with Crippen molar-refractivity contribution in [2.24, 2.45) is 0 Å². The number of rotatable bonds is 14. The second kappa shape index (κ2) is 14.7. The Balaban J connectivity index is 1.99. The molecule has 0 saturated heterocycles. The highest BCUT2D eigenvalue weighted by atomic mass is 16.5. The minimum absolute atomic E-state index is 0.918. The van der Waals surface area contributed by atoms with Crippen LogP contribution in [0.25, 0.3) is 12.2 Å². The fourth-order valence-corrected chi connectivity index (χ4v) is 3.34. The van der Waals surface area contributed by atoms with Gasteiger partial charge in [-0.1, -0.05) is 113 Å². The minimum Gasteiger partial charge on any atom is -0.456 e. The van der Waals surface area contributed by atoms with Crippen molar-refractivity contribution in [3.05, 3.63) is 71.8 Å². The molecule has 1 heteroatoms. The van der Waals surface area contributed by atoms with E-state index in [0.717, 1.165) is 35.5 Å². The average Bonchev–Trinajstić information content (AvgIpc) is 2.75. The summed E-state index contributed by atoms with van der Waals surface area (Å²) in [6.45, 7) is 4.51. The Labute approximate surface area is 178 Å². The fourth-order valence-electron chi connectivity index (χ4n) is 3.34. The van der Waals surface area contributed by atoms with Crippen molar-refractivity contribution in [1.29, 1.82) is 0 Å². The van der Waals surface area contributed by atoms with Crippen molar-refractivity contribution >= 4 is 12.2 Å². The van der Waals surface area contributed by atoms with E-state index < -0.39 is 0 Å². The third-order valence-corrected chi connectivity index (χ3v) is 5.10. The van der Waals surface area contributed by atoms with Gasteiger partial charge in [-0.15, -0.1) is 0 Å². The molecule has 0 amide bonds. The SMILES string of the molecule is CCCCCCC=Cc1ccccc1Oc1ccccc1C=CCCCCCC. The highest BCUT2D eigenvalue weighted by Crippen LogP contribution is 2.30. The third kappa shape index (κ3) is 9.17. The molecule has 0 aromatic heterocycles.